The Labute approximate surface area is 143 Å². The topological polar surface area (TPSA) is 120 Å². The second-order valence-corrected chi connectivity index (χ2v) is 5.47. The van der Waals surface area contributed by atoms with E-state index in [0.29, 0.717) is 35.4 Å². The lowest BCUT2D eigenvalue weighted by Crippen LogP contribution is -2.08. The van der Waals surface area contributed by atoms with Crippen LogP contribution >= 0.6 is 0 Å². The molecule has 128 valence electrons. The quantitative estimate of drug-likeness (QED) is 0.643. The van der Waals surface area contributed by atoms with Gasteiger partial charge in [-0.05, 0) is 24.6 Å². The fourth-order valence-corrected chi connectivity index (χ4v) is 2.42. The van der Waals surface area contributed by atoms with Crippen LogP contribution in [0.15, 0.2) is 35.1 Å². The Morgan fingerprint density at radius 3 is 2.80 bits per heavy atom. The number of nitrogens with two attached hydrogens (primary N) is 1. The Morgan fingerprint density at radius 1 is 1.12 bits per heavy atom. The van der Waals surface area contributed by atoms with Crippen molar-refractivity contribution in [2.75, 3.05) is 23.2 Å². The molecule has 9 heteroatoms. The zero-order valence-corrected chi connectivity index (χ0v) is 13.4. The highest BCUT2D eigenvalue weighted by atomic mass is 16.7. The van der Waals surface area contributed by atoms with Crippen LogP contribution in [0, 0.1) is 6.92 Å². The van der Waals surface area contributed by atoms with Crippen molar-refractivity contribution in [3.8, 4) is 11.5 Å². The van der Waals surface area contributed by atoms with E-state index in [1.54, 1.807) is 13.0 Å². The molecule has 1 aliphatic heterocycles. The molecule has 1 aromatic carbocycles. The van der Waals surface area contributed by atoms with Gasteiger partial charge in [-0.15, -0.1) is 0 Å². The summed E-state index contributed by atoms with van der Waals surface area (Å²) in [5.74, 6) is 3.69. The number of benzene rings is 1. The Morgan fingerprint density at radius 2 is 1.96 bits per heavy atom. The van der Waals surface area contributed by atoms with Crippen LogP contribution in [0.3, 0.4) is 0 Å². The molecule has 0 amide bonds. The molecular weight excluding hydrogens is 324 g/mol. The fraction of sp³-hybridized carbons (Fsp3) is 0.188. The summed E-state index contributed by atoms with van der Waals surface area (Å²) in [5.41, 5.74) is 7.55. The molecule has 4 rings (SSSR count). The normalized spacial score (nSPS) is 12.2. The first-order valence-corrected chi connectivity index (χ1v) is 7.62. The minimum Gasteiger partial charge on any atom is -0.454 e. The molecule has 3 aromatic rings. The van der Waals surface area contributed by atoms with Gasteiger partial charge in [0.15, 0.2) is 29.0 Å². The fourth-order valence-electron chi connectivity index (χ4n) is 2.42. The highest BCUT2D eigenvalue weighted by molar-refractivity contribution is 5.76. The number of aryl methyl sites for hydroxylation is 1. The molecule has 0 fully saturated rings. The van der Waals surface area contributed by atoms with Gasteiger partial charge in [0, 0.05) is 12.6 Å². The van der Waals surface area contributed by atoms with Gasteiger partial charge in [-0.3, -0.25) is 0 Å². The summed E-state index contributed by atoms with van der Waals surface area (Å²) in [6.07, 6.45) is 1.42. The van der Waals surface area contributed by atoms with Crippen molar-refractivity contribution in [1.82, 2.24) is 15.1 Å². The van der Waals surface area contributed by atoms with Gasteiger partial charge in [0.25, 0.3) is 0 Å². The number of fused-ring (bicyclic) bond motifs is 1. The molecule has 25 heavy (non-hydrogen) atoms. The first-order valence-electron chi connectivity index (χ1n) is 7.62. The Bertz CT molecular complexity index is 911. The van der Waals surface area contributed by atoms with E-state index in [2.05, 4.69) is 25.8 Å². The summed E-state index contributed by atoms with van der Waals surface area (Å²) in [6.45, 7) is 2.59. The summed E-state index contributed by atoms with van der Waals surface area (Å²) in [4.78, 5) is 8.33. The molecular formula is C16H16N6O3. The maximum Gasteiger partial charge on any atom is 0.231 e. The summed E-state index contributed by atoms with van der Waals surface area (Å²) in [5, 5.41) is 10.1. The third-order valence-electron chi connectivity index (χ3n) is 3.66. The van der Waals surface area contributed by atoms with Crippen LogP contribution in [-0.2, 0) is 6.54 Å². The highest BCUT2D eigenvalue weighted by Gasteiger charge is 2.14. The summed E-state index contributed by atoms with van der Waals surface area (Å²) >= 11 is 0. The lowest BCUT2D eigenvalue weighted by Gasteiger charge is -2.11. The van der Waals surface area contributed by atoms with Crippen molar-refractivity contribution in [3.05, 3.63) is 41.9 Å². The predicted octanol–water partition coefficient (Wildman–Crippen LogP) is 2.44. The van der Waals surface area contributed by atoms with E-state index in [0.717, 1.165) is 17.1 Å². The van der Waals surface area contributed by atoms with Gasteiger partial charge in [0.1, 0.15) is 17.8 Å². The monoisotopic (exact) mass is 340 g/mol. The summed E-state index contributed by atoms with van der Waals surface area (Å²) < 4.78 is 15.7. The maximum atomic E-state index is 6.14. The van der Waals surface area contributed by atoms with Crippen LogP contribution in [-0.4, -0.2) is 21.9 Å². The van der Waals surface area contributed by atoms with Crippen LogP contribution in [0.1, 0.15) is 11.3 Å². The predicted molar refractivity (Wildman–Crippen MR) is 90.9 cm³/mol. The molecule has 0 saturated heterocycles. The molecule has 3 heterocycles. The number of nitrogens with one attached hydrogen (secondary N) is 2. The Balaban J connectivity index is 1.48. The van der Waals surface area contributed by atoms with Crippen molar-refractivity contribution in [1.29, 1.82) is 0 Å². The van der Waals surface area contributed by atoms with Crippen molar-refractivity contribution >= 4 is 23.1 Å². The first kappa shape index (κ1) is 15.1. The Kier molecular flexibility index (Phi) is 3.73. The van der Waals surface area contributed by atoms with E-state index >= 15 is 0 Å². The van der Waals surface area contributed by atoms with Crippen molar-refractivity contribution in [2.45, 2.75) is 13.5 Å². The van der Waals surface area contributed by atoms with Gasteiger partial charge in [0.2, 0.25) is 6.79 Å². The van der Waals surface area contributed by atoms with Crippen molar-refractivity contribution in [2.24, 2.45) is 0 Å². The number of hydrogen-bond donors (Lipinski definition) is 3. The number of ether oxygens (including phenoxy) is 2. The minimum absolute atomic E-state index is 0.252. The zero-order valence-electron chi connectivity index (χ0n) is 13.4. The van der Waals surface area contributed by atoms with Crippen LogP contribution in [0.2, 0.25) is 0 Å². The number of hydrogen-bond acceptors (Lipinski definition) is 9. The average molecular weight is 340 g/mol. The molecule has 0 saturated carbocycles. The molecule has 4 N–H and O–H groups in total. The van der Waals surface area contributed by atoms with Crippen LogP contribution < -0.4 is 25.8 Å². The lowest BCUT2D eigenvalue weighted by molar-refractivity contribution is 0.174. The minimum atomic E-state index is 0.252. The summed E-state index contributed by atoms with van der Waals surface area (Å²) in [7, 11) is 0. The van der Waals surface area contributed by atoms with E-state index < -0.39 is 0 Å². The smallest absolute Gasteiger partial charge is 0.231 e. The van der Waals surface area contributed by atoms with Gasteiger partial charge in [-0.2, -0.15) is 0 Å². The molecule has 0 spiro atoms. The second kappa shape index (κ2) is 6.19. The SMILES string of the molecule is Cc1cc(Nc2ncnc(NCc3ccc4c(c3)OCO4)c2N)no1. The molecule has 0 radical (unpaired) electrons. The van der Waals surface area contributed by atoms with Gasteiger partial charge in [-0.25, -0.2) is 9.97 Å². The number of anilines is 4. The molecule has 0 atom stereocenters. The molecule has 9 nitrogen and oxygen atoms in total. The van der Waals surface area contributed by atoms with Gasteiger partial charge in [-0.1, -0.05) is 11.2 Å². The highest BCUT2D eigenvalue weighted by Crippen LogP contribution is 2.33. The standard InChI is InChI=1S/C16H16N6O3/c1-9-4-13(22-25-9)21-16-14(17)15(19-7-20-16)18-6-10-2-3-11-12(5-10)24-8-23-11/h2-5,7H,6,8,17H2,1H3,(H2,18,19,20,21,22). The number of nitrogens with zero attached hydrogens (tertiary/aromatic N) is 3. The molecule has 0 aliphatic carbocycles. The van der Waals surface area contributed by atoms with Gasteiger partial charge in [0.05, 0.1) is 0 Å². The molecule has 0 bridgehead atoms. The molecule has 1 aliphatic rings. The van der Waals surface area contributed by atoms with Crippen LogP contribution in [0.25, 0.3) is 0 Å². The molecule has 0 unspecified atom stereocenters. The van der Waals surface area contributed by atoms with E-state index in [1.165, 1.54) is 6.33 Å². The number of rotatable bonds is 5. The van der Waals surface area contributed by atoms with E-state index in [-0.39, 0.29) is 6.79 Å². The number of nitrogen functional groups attached to an aromatic ring is 1. The second-order valence-electron chi connectivity index (χ2n) is 5.47. The number of aromatic nitrogens is 3. The van der Waals surface area contributed by atoms with Gasteiger partial charge < -0.3 is 30.4 Å². The van der Waals surface area contributed by atoms with Crippen LogP contribution in [0.4, 0.5) is 23.1 Å². The average Bonchev–Trinajstić information content (AvgIpc) is 3.24. The van der Waals surface area contributed by atoms with E-state index in [4.69, 9.17) is 19.7 Å². The summed E-state index contributed by atoms with van der Waals surface area (Å²) in [6, 6.07) is 7.50. The van der Waals surface area contributed by atoms with Crippen LogP contribution in [0.5, 0.6) is 11.5 Å². The Hall–Kier alpha value is -3.49. The maximum absolute atomic E-state index is 6.14. The lowest BCUT2D eigenvalue weighted by atomic mass is 10.2. The first-order chi connectivity index (χ1) is 12.2. The van der Waals surface area contributed by atoms with Gasteiger partial charge >= 0.3 is 0 Å². The van der Waals surface area contributed by atoms with E-state index in [9.17, 15) is 0 Å². The largest absolute Gasteiger partial charge is 0.454 e. The van der Waals surface area contributed by atoms with Crippen molar-refractivity contribution in [3.63, 3.8) is 0 Å². The third kappa shape index (κ3) is 3.11. The zero-order chi connectivity index (χ0) is 17.2. The van der Waals surface area contributed by atoms with E-state index in [1.807, 2.05) is 18.2 Å². The third-order valence-corrected chi connectivity index (χ3v) is 3.66. The molecule has 2 aromatic heterocycles. The van der Waals surface area contributed by atoms with Crippen molar-refractivity contribution < 1.29 is 14.0 Å².